The molecule has 1 aliphatic heterocycles. The maximum Gasteiger partial charge on any atom is 0.0188 e. The SMILES string of the molecule is BrC=C1CNC1.Cl. The van der Waals surface area contributed by atoms with Crippen LogP contribution in [0.2, 0.25) is 0 Å². The summed E-state index contributed by atoms with van der Waals surface area (Å²) in [5.74, 6) is 0. The van der Waals surface area contributed by atoms with E-state index in [0.29, 0.717) is 0 Å². The molecule has 1 saturated heterocycles. The van der Waals surface area contributed by atoms with Crippen LogP contribution in [0.15, 0.2) is 10.6 Å². The molecule has 0 aromatic carbocycles. The number of hydrogen-bond acceptors (Lipinski definition) is 1. The lowest BCUT2D eigenvalue weighted by Gasteiger charge is -2.16. The van der Waals surface area contributed by atoms with Gasteiger partial charge in [-0.2, -0.15) is 0 Å². The molecule has 0 aliphatic carbocycles. The molecule has 0 bridgehead atoms. The van der Waals surface area contributed by atoms with Gasteiger partial charge in [-0.3, -0.25) is 0 Å². The van der Waals surface area contributed by atoms with Crippen LogP contribution in [0, 0.1) is 0 Å². The lowest BCUT2D eigenvalue weighted by Crippen LogP contribution is -2.33. The minimum absolute atomic E-state index is 0. The lowest BCUT2D eigenvalue weighted by atomic mass is 10.2. The molecule has 3 heteroatoms. The molecule has 1 fully saturated rings. The van der Waals surface area contributed by atoms with E-state index in [9.17, 15) is 0 Å². The van der Waals surface area contributed by atoms with Crippen LogP contribution in [0.5, 0.6) is 0 Å². The quantitative estimate of drug-likeness (QED) is 0.598. The van der Waals surface area contributed by atoms with Crippen LogP contribution in [0.4, 0.5) is 0 Å². The predicted octanol–water partition coefficient (Wildman–Crippen LogP) is 1.29. The van der Waals surface area contributed by atoms with E-state index in [4.69, 9.17) is 0 Å². The van der Waals surface area contributed by atoms with Crippen LogP contribution in [-0.2, 0) is 0 Å². The molecular formula is C4H7BrClN. The predicted molar refractivity (Wildman–Crippen MR) is 37.1 cm³/mol. The molecule has 1 N–H and O–H groups in total. The Kier molecular flexibility index (Phi) is 3.70. The van der Waals surface area contributed by atoms with Crippen molar-refractivity contribution in [1.29, 1.82) is 0 Å². The van der Waals surface area contributed by atoms with Gasteiger partial charge in [-0.05, 0) is 10.6 Å². The van der Waals surface area contributed by atoms with Crippen LogP contribution < -0.4 is 5.32 Å². The van der Waals surface area contributed by atoms with Crippen molar-refractivity contribution in [3.63, 3.8) is 0 Å². The van der Waals surface area contributed by atoms with Gasteiger partial charge < -0.3 is 5.32 Å². The van der Waals surface area contributed by atoms with Gasteiger partial charge in [0.15, 0.2) is 0 Å². The summed E-state index contributed by atoms with van der Waals surface area (Å²) in [6, 6.07) is 0. The fourth-order valence-electron chi connectivity index (χ4n) is 0.346. The number of halogens is 2. The van der Waals surface area contributed by atoms with E-state index in [1.807, 2.05) is 4.99 Å². The summed E-state index contributed by atoms with van der Waals surface area (Å²) >= 11 is 3.22. The van der Waals surface area contributed by atoms with Crippen molar-refractivity contribution < 1.29 is 0 Å². The second-order valence-corrected chi connectivity index (χ2v) is 1.83. The molecule has 1 rings (SSSR count). The Morgan fingerprint density at radius 1 is 1.57 bits per heavy atom. The van der Waals surface area contributed by atoms with E-state index < -0.39 is 0 Å². The molecule has 7 heavy (non-hydrogen) atoms. The zero-order valence-corrected chi connectivity index (χ0v) is 6.18. The van der Waals surface area contributed by atoms with Gasteiger partial charge in [0.2, 0.25) is 0 Å². The molecule has 1 heterocycles. The molecule has 0 saturated carbocycles. The van der Waals surface area contributed by atoms with E-state index in [1.165, 1.54) is 5.57 Å². The Morgan fingerprint density at radius 2 is 2.14 bits per heavy atom. The average Bonchev–Trinajstić information content (AvgIpc) is 1.31. The summed E-state index contributed by atoms with van der Waals surface area (Å²) < 4.78 is 0. The third-order valence-corrected chi connectivity index (χ3v) is 1.51. The monoisotopic (exact) mass is 183 g/mol. The van der Waals surface area contributed by atoms with E-state index in [1.54, 1.807) is 0 Å². The van der Waals surface area contributed by atoms with E-state index in [-0.39, 0.29) is 12.4 Å². The number of rotatable bonds is 0. The highest BCUT2D eigenvalue weighted by atomic mass is 79.9. The molecule has 0 aromatic heterocycles. The van der Waals surface area contributed by atoms with Crippen molar-refractivity contribution in [1.82, 2.24) is 5.32 Å². The fourth-order valence-corrected chi connectivity index (χ4v) is 0.670. The Morgan fingerprint density at radius 3 is 2.14 bits per heavy atom. The van der Waals surface area contributed by atoms with Gasteiger partial charge in [-0.15, -0.1) is 12.4 Å². The Hall–Kier alpha value is 0.470. The van der Waals surface area contributed by atoms with Gasteiger partial charge >= 0.3 is 0 Å². The minimum atomic E-state index is 0. The zero-order valence-electron chi connectivity index (χ0n) is 3.78. The normalized spacial score (nSPS) is 17.0. The minimum Gasteiger partial charge on any atom is -0.309 e. The van der Waals surface area contributed by atoms with Crippen LogP contribution in [-0.4, -0.2) is 13.1 Å². The van der Waals surface area contributed by atoms with E-state index >= 15 is 0 Å². The Balaban J connectivity index is 0.000000360. The van der Waals surface area contributed by atoms with Gasteiger partial charge in [-0.1, -0.05) is 15.9 Å². The molecular weight excluding hydrogens is 177 g/mol. The highest BCUT2D eigenvalue weighted by Crippen LogP contribution is 2.01. The topological polar surface area (TPSA) is 12.0 Å². The van der Waals surface area contributed by atoms with Crippen molar-refractivity contribution in [3.8, 4) is 0 Å². The molecule has 0 spiro atoms. The van der Waals surface area contributed by atoms with E-state index in [2.05, 4.69) is 21.2 Å². The molecule has 0 aromatic rings. The van der Waals surface area contributed by atoms with Gasteiger partial charge in [0.05, 0.1) is 0 Å². The van der Waals surface area contributed by atoms with Crippen LogP contribution in [0.25, 0.3) is 0 Å². The van der Waals surface area contributed by atoms with Crippen LogP contribution >= 0.6 is 28.3 Å². The molecule has 1 nitrogen and oxygen atoms in total. The lowest BCUT2D eigenvalue weighted by molar-refractivity contribution is 0.671. The first-order valence-corrected chi connectivity index (χ1v) is 2.84. The maximum atomic E-state index is 3.22. The maximum absolute atomic E-state index is 3.22. The molecule has 42 valence electrons. The second kappa shape index (κ2) is 3.47. The number of hydrogen-bond donors (Lipinski definition) is 1. The average molecular weight is 184 g/mol. The van der Waals surface area contributed by atoms with Crippen molar-refractivity contribution in [2.75, 3.05) is 13.1 Å². The van der Waals surface area contributed by atoms with Crippen LogP contribution in [0.1, 0.15) is 0 Å². The Bertz CT molecular complexity index is 75.8. The molecule has 0 unspecified atom stereocenters. The molecule has 1 aliphatic rings. The summed E-state index contributed by atoms with van der Waals surface area (Å²) in [5, 5.41) is 3.11. The zero-order chi connectivity index (χ0) is 4.41. The standard InChI is InChI=1S/C4H6BrN.ClH/c5-1-4-2-6-3-4;/h1,6H,2-3H2;1H. The summed E-state index contributed by atoms with van der Waals surface area (Å²) in [4.78, 5) is 1.98. The Labute approximate surface area is 57.7 Å². The fraction of sp³-hybridized carbons (Fsp3) is 0.500. The summed E-state index contributed by atoms with van der Waals surface area (Å²) in [6.45, 7) is 2.15. The second-order valence-electron chi connectivity index (χ2n) is 1.37. The van der Waals surface area contributed by atoms with Gasteiger partial charge in [-0.25, -0.2) is 0 Å². The van der Waals surface area contributed by atoms with Crippen molar-refractivity contribution in [3.05, 3.63) is 10.6 Å². The summed E-state index contributed by atoms with van der Waals surface area (Å²) in [5.41, 5.74) is 1.45. The highest BCUT2D eigenvalue weighted by Gasteiger charge is 2.03. The van der Waals surface area contributed by atoms with E-state index in [0.717, 1.165) is 13.1 Å². The first-order chi connectivity index (χ1) is 2.93. The third kappa shape index (κ3) is 1.80. The molecule has 0 amide bonds. The first-order valence-electron chi connectivity index (χ1n) is 1.92. The van der Waals surface area contributed by atoms with Crippen molar-refractivity contribution in [2.45, 2.75) is 0 Å². The van der Waals surface area contributed by atoms with Gasteiger partial charge in [0.25, 0.3) is 0 Å². The van der Waals surface area contributed by atoms with Crippen molar-refractivity contribution in [2.24, 2.45) is 0 Å². The largest absolute Gasteiger partial charge is 0.309 e. The van der Waals surface area contributed by atoms with Gasteiger partial charge in [0.1, 0.15) is 0 Å². The highest BCUT2D eigenvalue weighted by molar-refractivity contribution is 9.11. The van der Waals surface area contributed by atoms with Gasteiger partial charge in [0, 0.05) is 13.1 Å². The third-order valence-electron chi connectivity index (χ3n) is 0.858. The van der Waals surface area contributed by atoms with Crippen LogP contribution in [0.3, 0.4) is 0 Å². The van der Waals surface area contributed by atoms with Crippen molar-refractivity contribution >= 4 is 28.3 Å². The smallest absolute Gasteiger partial charge is 0.0188 e. The summed E-state index contributed by atoms with van der Waals surface area (Å²) in [7, 11) is 0. The summed E-state index contributed by atoms with van der Waals surface area (Å²) in [6.07, 6.45) is 0. The molecule has 0 atom stereocenters. The number of nitrogens with one attached hydrogen (secondary N) is 1. The molecule has 0 radical (unpaired) electrons. The first kappa shape index (κ1) is 7.47.